The molecular weight excluding hydrogens is 176 g/mol. The molecule has 3 nitrogen and oxygen atoms in total. The lowest BCUT2D eigenvalue weighted by Gasteiger charge is -2.08. The van der Waals surface area contributed by atoms with Crippen LogP contribution < -0.4 is 5.32 Å². The van der Waals surface area contributed by atoms with Gasteiger partial charge in [0.15, 0.2) is 0 Å². The molecule has 0 aliphatic carbocycles. The summed E-state index contributed by atoms with van der Waals surface area (Å²) in [4.78, 5) is 0. The molecule has 0 radical (unpaired) electrons. The molecule has 1 aromatic rings. The van der Waals surface area contributed by atoms with E-state index in [1.54, 1.807) is 7.11 Å². The van der Waals surface area contributed by atoms with Crippen molar-refractivity contribution in [1.29, 1.82) is 5.26 Å². The lowest BCUT2D eigenvalue weighted by Crippen LogP contribution is -2.08. The van der Waals surface area contributed by atoms with Crippen LogP contribution in [0.2, 0.25) is 0 Å². The number of ether oxygens (including phenoxy) is 1. The topological polar surface area (TPSA) is 45.0 Å². The number of nitrogens with one attached hydrogen (secondary N) is 1. The van der Waals surface area contributed by atoms with Crippen LogP contribution in [0.5, 0.6) is 0 Å². The van der Waals surface area contributed by atoms with Crippen molar-refractivity contribution in [2.45, 2.75) is 6.92 Å². The first-order valence-electron chi connectivity index (χ1n) is 4.51. The third-order valence-electron chi connectivity index (χ3n) is 1.92. The number of hydrogen-bond acceptors (Lipinski definition) is 3. The van der Waals surface area contributed by atoms with Crippen LogP contribution in [0.4, 0.5) is 5.69 Å². The zero-order chi connectivity index (χ0) is 10.4. The molecule has 0 aliphatic rings. The maximum atomic E-state index is 8.84. The zero-order valence-electron chi connectivity index (χ0n) is 8.50. The molecule has 0 saturated carbocycles. The molecule has 0 aromatic heterocycles. The highest BCUT2D eigenvalue weighted by Crippen LogP contribution is 2.15. The van der Waals surface area contributed by atoms with E-state index in [1.165, 1.54) is 0 Å². The third-order valence-corrected chi connectivity index (χ3v) is 1.92. The van der Waals surface area contributed by atoms with Gasteiger partial charge in [-0.05, 0) is 24.6 Å². The molecule has 1 rings (SSSR count). The van der Waals surface area contributed by atoms with Crippen molar-refractivity contribution in [3.05, 3.63) is 29.3 Å². The fraction of sp³-hybridized carbons (Fsp3) is 0.364. The van der Waals surface area contributed by atoms with Crippen LogP contribution in [0.3, 0.4) is 0 Å². The highest BCUT2D eigenvalue weighted by molar-refractivity contribution is 5.58. The summed E-state index contributed by atoms with van der Waals surface area (Å²) in [6, 6.07) is 7.87. The molecule has 3 heteroatoms. The standard InChI is InChI=1S/C11H14N2O/c1-9-3-4-10(8-12)11(7-9)13-5-6-14-2/h3-4,7,13H,5-6H2,1-2H3. The van der Waals surface area contributed by atoms with E-state index in [9.17, 15) is 0 Å². The molecule has 0 saturated heterocycles. The van der Waals surface area contributed by atoms with E-state index in [1.807, 2.05) is 25.1 Å². The minimum atomic E-state index is 0.638. The van der Waals surface area contributed by atoms with Gasteiger partial charge in [0.05, 0.1) is 17.9 Å². The molecular formula is C11H14N2O. The van der Waals surface area contributed by atoms with Crippen molar-refractivity contribution in [3.63, 3.8) is 0 Å². The van der Waals surface area contributed by atoms with Crippen LogP contribution in [0, 0.1) is 18.3 Å². The number of benzene rings is 1. The van der Waals surface area contributed by atoms with Gasteiger partial charge in [-0.15, -0.1) is 0 Å². The van der Waals surface area contributed by atoms with Crippen molar-refractivity contribution in [2.75, 3.05) is 25.6 Å². The number of anilines is 1. The lowest BCUT2D eigenvalue weighted by molar-refractivity contribution is 0.211. The van der Waals surface area contributed by atoms with Crippen LogP contribution in [0.15, 0.2) is 18.2 Å². The Balaban J connectivity index is 2.73. The minimum absolute atomic E-state index is 0.638. The number of methoxy groups -OCH3 is 1. The predicted octanol–water partition coefficient (Wildman–Crippen LogP) is 1.93. The third kappa shape index (κ3) is 2.75. The average Bonchev–Trinajstić information content (AvgIpc) is 2.19. The maximum absolute atomic E-state index is 8.84. The smallest absolute Gasteiger partial charge is 0.101 e. The summed E-state index contributed by atoms with van der Waals surface area (Å²) < 4.78 is 4.92. The Kier molecular flexibility index (Phi) is 3.96. The Labute approximate surface area is 84.3 Å². The van der Waals surface area contributed by atoms with Crippen molar-refractivity contribution in [2.24, 2.45) is 0 Å². The van der Waals surface area contributed by atoms with Crippen LogP contribution in [-0.4, -0.2) is 20.3 Å². The monoisotopic (exact) mass is 190 g/mol. The number of hydrogen-bond donors (Lipinski definition) is 1. The Hall–Kier alpha value is -1.53. The molecule has 14 heavy (non-hydrogen) atoms. The molecule has 0 aliphatic heterocycles. The van der Waals surface area contributed by atoms with Gasteiger partial charge in [0.25, 0.3) is 0 Å². The van der Waals surface area contributed by atoms with Gasteiger partial charge in [-0.3, -0.25) is 0 Å². The number of aryl methyl sites for hydroxylation is 1. The highest BCUT2D eigenvalue weighted by atomic mass is 16.5. The van der Waals surface area contributed by atoms with Crippen LogP contribution in [0.25, 0.3) is 0 Å². The first-order valence-corrected chi connectivity index (χ1v) is 4.51. The highest BCUT2D eigenvalue weighted by Gasteiger charge is 2.00. The molecule has 0 atom stereocenters. The minimum Gasteiger partial charge on any atom is -0.383 e. The summed E-state index contributed by atoms with van der Waals surface area (Å²) in [6.45, 7) is 3.36. The van der Waals surface area contributed by atoms with Gasteiger partial charge in [-0.2, -0.15) is 5.26 Å². The molecule has 0 amide bonds. The van der Waals surface area contributed by atoms with E-state index in [0.717, 1.165) is 11.3 Å². The van der Waals surface area contributed by atoms with Crippen LogP contribution in [-0.2, 0) is 4.74 Å². The van der Waals surface area contributed by atoms with E-state index in [4.69, 9.17) is 10.00 Å². The second-order valence-electron chi connectivity index (χ2n) is 3.08. The van der Waals surface area contributed by atoms with E-state index in [0.29, 0.717) is 18.7 Å². The predicted molar refractivity (Wildman–Crippen MR) is 56.3 cm³/mol. The number of nitriles is 1. The molecule has 1 aromatic carbocycles. The summed E-state index contributed by atoms with van der Waals surface area (Å²) in [5.41, 5.74) is 2.69. The quantitative estimate of drug-likeness (QED) is 0.738. The van der Waals surface area contributed by atoms with Crippen molar-refractivity contribution in [1.82, 2.24) is 0 Å². The summed E-state index contributed by atoms with van der Waals surface area (Å²) in [7, 11) is 1.66. The largest absolute Gasteiger partial charge is 0.383 e. The number of nitrogens with zero attached hydrogens (tertiary/aromatic N) is 1. The molecule has 0 spiro atoms. The lowest BCUT2D eigenvalue weighted by atomic mass is 10.1. The summed E-state index contributed by atoms with van der Waals surface area (Å²) in [5.74, 6) is 0. The fourth-order valence-corrected chi connectivity index (χ4v) is 1.19. The normalized spacial score (nSPS) is 9.50. The molecule has 74 valence electrons. The van der Waals surface area contributed by atoms with Gasteiger partial charge in [0.1, 0.15) is 6.07 Å². The second kappa shape index (κ2) is 5.25. The maximum Gasteiger partial charge on any atom is 0.101 e. The van der Waals surface area contributed by atoms with Gasteiger partial charge in [0, 0.05) is 13.7 Å². The van der Waals surface area contributed by atoms with Gasteiger partial charge >= 0.3 is 0 Å². The average molecular weight is 190 g/mol. The van der Waals surface area contributed by atoms with E-state index in [-0.39, 0.29) is 0 Å². The summed E-state index contributed by atoms with van der Waals surface area (Å²) >= 11 is 0. The first-order chi connectivity index (χ1) is 6.77. The van der Waals surface area contributed by atoms with Crippen LogP contribution in [0.1, 0.15) is 11.1 Å². The zero-order valence-corrected chi connectivity index (χ0v) is 8.50. The first kappa shape index (κ1) is 10.6. The van der Waals surface area contributed by atoms with E-state index >= 15 is 0 Å². The van der Waals surface area contributed by atoms with Gasteiger partial charge in [0.2, 0.25) is 0 Å². The Morgan fingerprint density at radius 1 is 1.50 bits per heavy atom. The van der Waals surface area contributed by atoms with Crippen molar-refractivity contribution >= 4 is 5.69 Å². The van der Waals surface area contributed by atoms with Crippen LogP contribution >= 0.6 is 0 Å². The van der Waals surface area contributed by atoms with E-state index < -0.39 is 0 Å². The Bertz CT molecular complexity index is 342. The molecule has 0 heterocycles. The molecule has 0 fully saturated rings. The summed E-state index contributed by atoms with van der Waals surface area (Å²) in [5, 5.41) is 12.0. The van der Waals surface area contributed by atoms with Crippen molar-refractivity contribution < 1.29 is 4.74 Å². The fourth-order valence-electron chi connectivity index (χ4n) is 1.19. The van der Waals surface area contributed by atoms with Gasteiger partial charge < -0.3 is 10.1 Å². The summed E-state index contributed by atoms with van der Waals surface area (Å²) in [6.07, 6.45) is 0. The molecule has 1 N–H and O–H groups in total. The molecule has 0 bridgehead atoms. The Morgan fingerprint density at radius 3 is 2.93 bits per heavy atom. The molecule has 0 unspecified atom stereocenters. The van der Waals surface area contributed by atoms with Crippen molar-refractivity contribution in [3.8, 4) is 6.07 Å². The Morgan fingerprint density at radius 2 is 2.29 bits per heavy atom. The van der Waals surface area contributed by atoms with Gasteiger partial charge in [-0.1, -0.05) is 6.07 Å². The number of rotatable bonds is 4. The second-order valence-corrected chi connectivity index (χ2v) is 3.08. The SMILES string of the molecule is COCCNc1cc(C)ccc1C#N. The van der Waals surface area contributed by atoms with Gasteiger partial charge in [-0.25, -0.2) is 0 Å². The van der Waals surface area contributed by atoms with E-state index in [2.05, 4.69) is 11.4 Å².